The van der Waals surface area contributed by atoms with Gasteiger partial charge in [-0.25, -0.2) is 0 Å². The zero-order chi connectivity index (χ0) is 21.6. The number of benzene rings is 2. The third-order valence-corrected chi connectivity index (χ3v) is 7.68. The van der Waals surface area contributed by atoms with Gasteiger partial charge in [0.05, 0.1) is 12.0 Å². The zero-order valence-corrected chi connectivity index (χ0v) is 19.6. The van der Waals surface area contributed by atoms with Crippen molar-refractivity contribution in [2.75, 3.05) is 13.4 Å². The van der Waals surface area contributed by atoms with E-state index in [1.807, 2.05) is 30.5 Å². The Bertz CT molecular complexity index is 992. The van der Waals surface area contributed by atoms with Crippen molar-refractivity contribution in [1.29, 1.82) is 0 Å². The molecule has 2 aromatic carbocycles. The molecule has 1 heterocycles. The van der Waals surface area contributed by atoms with Gasteiger partial charge in [-0.3, -0.25) is 4.79 Å². The fraction of sp³-hybridized carbons (Fsp3) is 0.360. The van der Waals surface area contributed by atoms with E-state index in [1.165, 1.54) is 61.2 Å². The molecule has 1 saturated carbocycles. The fourth-order valence-electron chi connectivity index (χ4n) is 4.00. The van der Waals surface area contributed by atoms with Gasteiger partial charge in [0, 0.05) is 0 Å². The second-order valence-corrected chi connectivity index (χ2v) is 9.86. The molecule has 162 valence electrons. The van der Waals surface area contributed by atoms with Crippen LogP contribution in [0.5, 0.6) is 11.5 Å². The second-order valence-electron chi connectivity index (χ2n) is 7.77. The number of hydrogen-bond donors (Lipinski definition) is 0. The molecule has 0 N–H and O–H groups in total. The first kappa shape index (κ1) is 22.0. The summed E-state index contributed by atoms with van der Waals surface area (Å²) in [5.41, 5.74) is 3.48. The lowest BCUT2D eigenvalue weighted by molar-refractivity contribution is -0.113. The maximum absolute atomic E-state index is 12.0. The Hall–Kier alpha value is -2.18. The van der Waals surface area contributed by atoms with Crippen LogP contribution in [0.2, 0.25) is 0 Å². The van der Waals surface area contributed by atoms with Gasteiger partial charge >= 0.3 is 0 Å². The molecule has 4 rings (SSSR count). The highest BCUT2D eigenvalue weighted by Crippen LogP contribution is 2.35. The van der Waals surface area contributed by atoms with Gasteiger partial charge < -0.3 is 9.47 Å². The van der Waals surface area contributed by atoms with Crippen LogP contribution in [-0.4, -0.2) is 23.6 Å². The zero-order valence-electron chi connectivity index (χ0n) is 17.9. The van der Waals surface area contributed by atoms with Crippen LogP contribution in [0.1, 0.15) is 54.7 Å². The summed E-state index contributed by atoms with van der Waals surface area (Å²) < 4.78 is 12.3. The van der Waals surface area contributed by atoms with Gasteiger partial charge in [0.1, 0.15) is 11.0 Å². The molecular weight excluding hydrogens is 426 g/mol. The van der Waals surface area contributed by atoms with Gasteiger partial charge in [-0.2, -0.15) is 4.99 Å². The van der Waals surface area contributed by atoms with E-state index in [-0.39, 0.29) is 5.91 Å². The summed E-state index contributed by atoms with van der Waals surface area (Å²) >= 11 is 2.88. The molecule has 31 heavy (non-hydrogen) atoms. The second kappa shape index (κ2) is 10.4. The van der Waals surface area contributed by atoms with Crippen LogP contribution < -0.4 is 9.47 Å². The molecule has 6 heteroatoms. The summed E-state index contributed by atoms with van der Waals surface area (Å²) in [6, 6.07) is 14.6. The largest absolute Gasteiger partial charge is 0.493 e. The smallest absolute Gasteiger partial charge is 0.285 e. The number of carbonyl (C=O) groups is 1. The minimum absolute atomic E-state index is 0.190. The van der Waals surface area contributed by atoms with E-state index in [9.17, 15) is 4.79 Å². The summed E-state index contributed by atoms with van der Waals surface area (Å²) in [7, 11) is 1.63. The Kier molecular flexibility index (Phi) is 7.41. The molecular formula is C25H27NO3S2. The van der Waals surface area contributed by atoms with E-state index in [4.69, 9.17) is 9.47 Å². The molecule has 0 radical (unpaired) electrons. The molecule has 2 aromatic rings. The number of hydrogen-bond acceptors (Lipinski definition) is 5. The van der Waals surface area contributed by atoms with E-state index in [0.29, 0.717) is 28.9 Å². The van der Waals surface area contributed by atoms with Gasteiger partial charge in [0.15, 0.2) is 11.5 Å². The molecule has 1 amide bonds. The van der Waals surface area contributed by atoms with E-state index in [1.54, 1.807) is 7.11 Å². The van der Waals surface area contributed by atoms with Crippen molar-refractivity contribution >= 4 is 39.9 Å². The van der Waals surface area contributed by atoms with Crippen LogP contribution >= 0.6 is 23.5 Å². The summed E-state index contributed by atoms with van der Waals surface area (Å²) in [5, 5.41) is 0. The van der Waals surface area contributed by atoms with Crippen molar-refractivity contribution in [1.82, 2.24) is 0 Å². The molecule has 0 spiro atoms. The first-order chi connectivity index (χ1) is 15.2. The standard InChI is InChI=1S/C25H27NO3S2/c1-28-22-14-18(15-23-24(27)26-25(30-2)31-23)10-13-21(22)29-16-17-8-11-20(12-9-17)19-6-4-3-5-7-19/h8-15,19H,3-7,16H2,1-2H3/b23-15-. The molecule has 0 aromatic heterocycles. The highest BCUT2D eigenvalue weighted by atomic mass is 32.2. The lowest BCUT2D eigenvalue weighted by Crippen LogP contribution is -2.04. The SMILES string of the molecule is COc1cc(/C=C2\SC(SC)=NC2=O)ccc1OCc1ccc(C2CCCCC2)cc1. The number of aliphatic imine (C=N–C) groups is 1. The van der Waals surface area contributed by atoms with Crippen LogP contribution in [0, 0.1) is 0 Å². The maximum Gasteiger partial charge on any atom is 0.285 e. The number of amides is 1. The third-order valence-electron chi connectivity index (χ3n) is 5.71. The predicted octanol–water partition coefficient (Wildman–Crippen LogP) is 6.66. The van der Waals surface area contributed by atoms with Gasteiger partial charge in [0.2, 0.25) is 0 Å². The van der Waals surface area contributed by atoms with Crippen LogP contribution in [-0.2, 0) is 11.4 Å². The predicted molar refractivity (Wildman–Crippen MR) is 131 cm³/mol. The first-order valence-corrected chi connectivity index (χ1v) is 12.7. The third kappa shape index (κ3) is 5.55. The van der Waals surface area contributed by atoms with E-state index in [2.05, 4.69) is 29.3 Å². The van der Waals surface area contributed by atoms with Crippen molar-refractivity contribution in [3.8, 4) is 11.5 Å². The van der Waals surface area contributed by atoms with Crippen LogP contribution in [0.15, 0.2) is 52.4 Å². The average molecular weight is 454 g/mol. The number of nitrogens with zero attached hydrogens (tertiary/aromatic N) is 1. The van der Waals surface area contributed by atoms with Gasteiger partial charge in [-0.1, -0.05) is 61.4 Å². The molecule has 0 bridgehead atoms. The van der Waals surface area contributed by atoms with E-state index >= 15 is 0 Å². The Morgan fingerprint density at radius 3 is 2.55 bits per heavy atom. The van der Waals surface area contributed by atoms with Gasteiger partial charge in [-0.05, 0) is 59.9 Å². The van der Waals surface area contributed by atoms with Crippen molar-refractivity contribution in [3.63, 3.8) is 0 Å². The van der Waals surface area contributed by atoms with Crippen LogP contribution in [0.4, 0.5) is 0 Å². The van der Waals surface area contributed by atoms with Gasteiger partial charge in [-0.15, -0.1) is 11.8 Å². The summed E-state index contributed by atoms with van der Waals surface area (Å²) in [6.07, 6.45) is 10.5. The molecule has 1 fully saturated rings. The molecule has 2 aliphatic rings. The van der Waals surface area contributed by atoms with Crippen molar-refractivity contribution in [3.05, 3.63) is 64.1 Å². The van der Waals surface area contributed by atoms with E-state index in [0.717, 1.165) is 15.5 Å². The monoisotopic (exact) mass is 453 g/mol. The summed E-state index contributed by atoms with van der Waals surface area (Å²) in [5.74, 6) is 1.86. The number of thioether (sulfide) groups is 2. The number of rotatable bonds is 6. The average Bonchev–Trinajstić information content (AvgIpc) is 3.18. The molecule has 0 saturated heterocycles. The number of ether oxygens (including phenoxy) is 2. The Morgan fingerprint density at radius 2 is 1.87 bits per heavy atom. The van der Waals surface area contributed by atoms with E-state index < -0.39 is 0 Å². The molecule has 0 atom stereocenters. The normalized spacial score (nSPS) is 18.3. The lowest BCUT2D eigenvalue weighted by atomic mass is 9.84. The van der Waals surface area contributed by atoms with Gasteiger partial charge in [0.25, 0.3) is 5.91 Å². The topological polar surface area (TPSA) is 47.9 Å². The van der Waals surface area contributed by atoms with Crippen molar-refractivity contribution in [2.45, 2.75) is 44.6 Å². The Labute approximate surface area is 192 Å². The van der Waals surface area contributed by atoms with Crippen LogP contribution in [0.3, 0.4) is 0 Å². The summed E-state index contributed by atoms with van der Waals surface area (Å²) in [6.45, 7) is 0.487. The van der Waals surface area contributed by atoms with Crippen molar-refractivity contribution < 1.29 is 14.3 Å². The maximum atomic E-state index is 12.0. The molecule has 1 aliphatic carbocycles. The van der Waals surface area contributed by atoms with Crippen molar-refractivity contribution in [2.24, 2.45) is 4.99 Å². The molecule has 4 nitrogen and oxygen atoms in total. The quantitative estimate of drug-likeness (QED) is 0.458. The van der Waals surface area contributed by atoms with Crippen LogP contribution in [0.25, 0.3) is 6.08 Å². The minimum Gasteiger partial charge on any atom is -0.493 e. The highest BCUT2D eigenvalue weighted by molar-refractivity contribution is 8.40. The summed E-state index contributed by atoms with van der Waals surface area (Å²) in [4.78, 5) is 16.7. The fourth-order valence-corrected chi connectivity index (χ4v) is 5.43. The minimum atomic E-state index is -0.190. The first-order valence-electron chi connectivity index (χ1n) is 10.6. The Morgan fingerprint density at radius 1 is 1.10 bits per heavy atom. The lowest BCUT2D eigenvalue weighted by Gasteiger charge is -2.22. The number of carbonyl (C=O) groups excluding carboxylic acids is 1. The molecule has 0 unspecified atom stereocenters. The molecule has 1 aliphatic heterocycles. The highest BCUT2D eigenvalue weighted by Gasteiger charge is 2.21. The number of methoxy groups -OCH3 is 1. The Balaban J connectivity index is 1.40.